The fourth-order valence-electron chi connectivity index (χ4n) is 1.33. The van der Waals surface area contributed by atoms with Crippen LogP contribution in [0.2, 0.25) is 0 Å². The Bertz CT molecular complexity index is 411. The summed E-state index contributed by atoms with van der Waals surface area (Å²) in [5.41, 5.74) is 2.94. The quantitative estimate of drug-likeness (QED) is 0.856. The van der Waals surface area contributed by atoms with E-state index in [1.165, 1.54) is 11.3 Å². The molecule has 15 heavy (non-hydrogen) atoms. The lowest BCUT2D eigenvalue weighted by molar-refractivity contribution is 0.405. The van der Waals surface area contributed by atoms with E-state index < -0.39 is 0 Å². The van der Waals surface area contributed by atoms with Crippen LogP contribution >= 0.6 is 11.3 Å². The summed E-state index contributed by atoms with van der Waals surface area (Å²) in [6.07, 6.45) is 1.33. The molecule has 0 fully saturated rings. The summed E-state index contributed by atoms with van der Waals surface area (Å²) in [6.45, 7) is 4.72. The van der Waals surface area contributed by atoms with E-state index in [0.717, 1.165) is 5.69 Å². The molecule has 1 unspecified atom stereocenters. The molecule has 2 aromatic heterocycles. The van der Waals surface area contributed by atoms with E-state index in [-0.39, 0.29) is 6.04 Å². The monoisotopic (exact) mass is 224 g/mol. The Balaban J connectivity index is 1.93. The first-order valence-corrected chi connectivity index (χ1v) is 5.54. The number of hydrogen-bond acceptors (Lipinski definition) is 6. The third-order valence-electron chi connectivity index (χ3n) is 2.15. The molecule has 0 spiro atoms. The van der Waals surface area contributed by atoms with Gasteiger partial charge >= 0.3 is 0 Å². The zero-order valence-corrected chi connectivity index (χ0v) is 9.41. The molecular formula is C9H12N4OS. The molecule has 0 aliphatic rings. The molecule has 0 aliphatic carbocycles. The van der Waals surface area contributed by atoms with Crippen molar-refractivity contribution in [2.45, 2.75) is 26.4 Å². The van der Waals surface area contributed by atoms with Crippen molar-refractivity contribution in [3.05, 3.63) is 28.3 Å². The molecule has 5 nitrogen and oxygen atoms in total. The molecule has 0 amide bonds. The molecule has 1 atom stereocenters. The van der Waals surface area contributed by atoms with Crippen molar-refractivity contribution >= 4 is 11.3 Å². The fraction of sp³-hybridized carbons (Fsp3) is 0.444. The second-order valence-corrected chi connectivity index (χ2v) is 4.14. The zero-order chi connectivity index (χ0) is 10.7. The van der Waals surface area contributed by atoms with E-state index in [1.807, 2.05) is 12.4 Å². The largest absolute Gasteiger partial charge is 0.343 e. The number of nitrogens with zero attached hydrogens (tertiary/aromatic N) is 3. The van der Waals surface area contributed by atoms with E-state index in [4.69, 9.17) is 0 Å². The van der Waals surface area contributed by atoms with E-state index in [9.17, 15) is 0 Å². The Morgan fingerprint density at radius 2 is 2.40 bits per heavy atom. The summed E-state index contributed by atoms with van der Waals surface area (Å²) < 4.78 is 4.65. The van der Waals surface area contributed by atoms with Crippen LogP contribution in [0.3, 0.4) is 0 Å². The van der Waals surface area contributed by atoms with E-state index in [1.54, 1.807) is 11.3 Å². The lowest BCUT2D eigenvalue weighted by atomic mass is 10.2. The maximum atomic E-state index is 4.65. The summed E-state index contributed by atoms with van der Waals surface area (Å²) >= 11 is 1.66. The minimum atomic E-state index is 0.260. The van der Waals surface area contributed by atoms with Gasteiger partial charge in [-0.1, -0.05) is 5.16 Å². The van der Waals surface area contributed by atoms with Crippen molar-refractivity contribution < 1.29 is 4.52 Å². The predicted molar refractivity (Wildman–Crippen MR) is 56.4 cm³/mol. The molecule has 80 valence electrons. The second kappa shape index (κ2) is 4.50. The maximum Gasteiger partial charge on any atom is 0.213 e. The molecule has 2 heterocycles. The fourth-order valence-corrected chi connectivity index (χ4v) is 2.17. The molecule has 0 aromatic carbocycles. The van der Waals surface area contributed by atoms with Crippen LogP contribution in [0.1, 0.15) is 29.4 Å². The average Bonchev–Trinajstić information content (AvgIpc) is 2.84. The third kappa shape index (κ3) is 2.40. The molecule has 0 saturated carbocycles. The lowest BCUT2D eigenvalue weighted by Crippen LogP contribution is -2.18. The summed E-state index contributed by atoms with van der Waals surface area (Å²) in [5, 5.41) is 7.04. The van der Waals surface area contributed by atoms with Gasteiger partial charge in [-0.2, -0.15) is 4.98 Å². The topological polar surface area (TPSA) is 63.8 Å². The molecule has 0 radical (unpaired) electrons. The highest BCUT2D eigenvalue weighted by molar-refractivity contribution is 7.09. The first-order valence-electron chi connectivity index (χ1n) is 4.66. The van der Waals surface area contributed by atoms with Gasteiger partial charge in [0.25, 0.3) is 0 Å². The number of aromatic nitrogens is 3. The van der Waals surface area contributed by atoms with Crippen LogP contribution in [0, 0.1) is 6.92 Å². The molecule has 0 saturated heterocycles. The zero-order valence-electron chi connectivity index (χ0n) is 8.60. The van der Waals surface area contributed by atoms with Crippen molar-refractivity contribution in [1.29, 1.82) is 0 Å². The Labute approximate surface area is 91.5 Å². The van der Waals surface area contributed by atoms with Crippen LogP contribution in [-0.2, 0) is 6.54 Å². The van der Waals surface area contributed by atoms with Crippen molar-refractivity contribution in [3.63, 3.8) is 0 Å². The molecule has 2 aromatic rings. The smallest absolute Gasteiger partial charge is 0.213 e. The number of aryl methyl sites for hydroxylation is 1. The third-order valence-corrected chi connectivity index (χ3v) is 3.26. The first kappa shape index (κ1) is 10.3. The van der Waals surface area contributed by atoms with E-state index >= 15 is 0 Å². The Morgan fingerprint density at radius 3 is 3.00 bits per heavy atom. The molecule has 2 rings (SSSR count). The van der Waals surface area contributed by atoms with Gasteiger partial charge < -0.3 is 9.84 Å². The van der Waals surface area contributed by atoms with Crippen LogP contribution in [0.4, 0.5) is 0 Å². The minimum absolute atomic E-state index is 0.260. The van der Waals surface area contributed by atoms with Crippen LogP contribution < -0.4 is 5.32 Å². The standard InChI is InChI=1S/C9H12N4OS/c1-6(9-7(2)12-5-15-9)10-3-8-11-4-14-13-8/h4-6,10H,3H2,1-2H3. The van der Waals surface area contributed by atoms with Gasteiger partial charge in [-0.25, -0.2) is 4.98 Å². The van der Waals surface area contributed by atoms with Crippen LogP contribution in [0.5, 0.6) is 0 Å². The molecule has 6 heteroatoms. The summed E-state index contributed by atoms with van der Waals surface area (Å²) in [4.78, 5) is 9.40. The van der Waals surface area contributed by atoms with Crippen LogP contribution in [0.25, 0.3) is 0 Å². The van der Waals surface area contributed by atoms with E-state index in [0.29, 0.717) is 12.4 Å². The first-order chi connectivity index (χ1) is 7.27. The Kier molecular flexibility index (Phi) is 3.08. The van der Waals surface area contributed by atoms with Gasteiger partial charge in [0.1, 0.15) is 0 Å². The van der Waals surface area contributed by atoms with Gasteiger partial charge in [-0.15, -0.1) is 11.3 Å². The number of hydrogen-bond donors (Lipinski definition) is 1. The molecule has 1 N–H and O–H groups in total. The van der Waals surface area contributed by atoms with Crippen molar-refractivity contribution in [2.24, 2.45) is 0 Å². The Morgan fingerprint density at radius 1 is 1.53 bits per heavy atom. The maximum absolute atomic E-state index is 4.65. The van der Waals surface area contributed by atoms with Gasteiger partial charge in [0.15, 0.2) is 5.82 Å². The van der Waals surface area contributed by atoms with Crippen LogP contribution in [-0.4, -0.2) is 15.1 Å². The second-order valence-electron chi connectivity index (χ2n) is 3.25. The highest BCUT2D eigenvalue weighted by atomic mass is 32.1. The summed E-state index contributed by atoms with van der Waals surface area (Å²) in [6, 6.07) is 0.260. The van der Waals surface area contributed by atoms with Gasteiger partial charge in [0.2, 0.25) is 6.39 Å². The summed E-state index contributed by atoms with van der Waals surface area (Å²) in [7, 11) is 0. The number of nitrogens with one attached hydrogen (secondary N) is 1. The summed E-state index contributed by atoms with van der Waals surface area (Å²) in [5.74, 6) is 0.670. The normalized spacial score (nSPS) is 12.9. The van der Waals surface area contributed by atoms with Crippen molar-refractivity contribution in [3.8, 4) is 0 Å². The number of thiazole rings is 1. The lowest BCUT2D eigenvalue weighted by Gasteiger charge is -2.10. The highest BCUT2D eigenvalue weighted by Gasteiger charge is 2.11. The van der Waals surface area contributed by atoms with E-state index in [2.05, 4.69) is 31.9 Å². The molecular weight excluding hydrogens is 212 g/mol. The molecule has 0 bridgehead atoms. The van der Waals surface area contributed by atoms with Gasteiger partial charge in [0, 0.05) is 10.9 Å². The van der Waals surface area contributed by atoms with Gasteiger partial charge in [0.05, 0.1) is 17.7 Å². The predicted octanol–water partition coefficient (Wildman–Crippen LogP) is 1.69. The Hall–Kier alpha value is -1.27. The average molecular weight is 224 g/mol. The van der Waals surface area contributed by atoms with Gasteiger partial charge in [-0.05, 0) is 13.8 Å². The van der Waals surface area contributed by atoms with Crippen molar-refractivity contribution in [2.75, 3.05) is 0 Å². The molecule has 0 aliphatic heterocycles. The van der Waals surface area contributed by atoms with Crippen molar-refractivity contribution in [1.82, 2.24) is 20.4 Å². The SMILES string of the molecule is Cc1ncsc1C(C)NCc1ncon1. The highest BCUT2D eigenvalue weighted by Crippen LogP contribution is 2.20. The van der Waals surface area contributed by atoms with Crippen LogP contribution in [0.15, 0.2) is 16.4 Å². The minimum Gasteiger partial charge on any atom is -0.343 e. The van der Waals surface area contributed by atoms with Gasteiger partial charge in [-0.3, -0.25) is 0 Å². The number of rotatable bonds is 4.